The number of halogens is 4. The first-order valence-electron chi connectivity index (χ1n) is 5.64. The van der Waals surface area contributed by atoms with Crippen LogP contribution >= 0.6 is 34.8 Å². The molecule has 0 fully saturated rings. The summed E-state index contributed by atoms with van der Waals surface area (Å²) in [4.78, 5) is 8.03. The van der Waals surface area contributed by atoms with Gasteiger partial charge in [-0.05, 0) is 16.8 Å². The molecule has 2 nitrogen and oxygen atoms in total. The van der Waals surface area contributed by atoms with Gasteiger partial charge >= 0.3 is 0 Å². The molecule has 2 aromatic carbocycles. The average molecular weight is 328 g/mol. The Bertz CT molecular complexity index is 798. The number of aromatic nitrogens is 2. The second-order valence-corrected chi connectivity index (χ2v) is 5.18. The zero-order chi connectivity index (χ0) is 14.3. The lowest BCUT2D eigenvalue weighted by Crippen LogP contribution is -1.95. The summed E-state index contributed by atoms with van der Waals surface area (Å²) in [5.41, 5.74) is 0.253. The van der Waals surface area contributed by atoms with E-state index in [2.05, 4.69) is 9.97 Å². The molecule has 0 saturated carbocycles. The normalized spacial score (nSPS) is 11.0. The summed E-state index contributed by atoms with van der Waals surface area (Å²) in [7, 11) is 0. The van der Waals surface area contributed by atoms with Crippen LogP contribution in [-0.2, 0) is 0 Å². The first kappa shape index (κ1) is 13.6. The van der Waals surface area contributed by atoms with Crippen molar-refractivity contribution in [3.63, 3.8) is 0 Å². The van der Waals surface area contributed by atoms with E-state index >= 15 is 0 Å². The Kier molecular flexibility index (Phi) is 3.50. The standard InChI is InChI=1S/C14H6Cl3FN2/c15-11-12(16)19-14(20-13(11)17)10-8-4-2-1-3-7(8)5-6-9(10)18/h1-6H. The second kappa shape index (κ2) is 5.17. The molecule has 0 amide bonds. The van der Waals surface area contributed by atoms with Crippen molar-refractivity contribution in [2.24, 2.45) is 0 Å². The fourth-order valence-electron chi connectivity index (χ4n) is 1.98. The molecule has 6 heteroatoms. The number of hydrogen-bond acceptors (Lipinski definition) is 2. The molecule has 3 rings (SSSR count). The van der Waals surface area contributed by atoms with Gasteiger partial charge in [-0.1, -0.05) is 65.1 Å². The van der Waals surface area contributed by atoms with Gasteiger partial charge < -0.3 is 0 Å². The number of hydrogen-bond donors (Lipinski definition) is 0. The molecular formula is C14H6Cl3FN2. The van der Waals surface area contributed by atoms with Gasteiger partial charge in [-0.2, -0.15) is 0 Å². The molecule has 3 aromatic rings. The SMILES string of the molecule is Fc1ccc2ccccc2c1-c1nc(Cl)c(Cl)c(Cl)n1. The highest BCUT2D eigenvalue weighted by Crippen LogP contribution is 2.33. The Morgan fingerprint density at radius 1 is 0.850 bits per heavy atom. The summed E-state index contributed by atoms with van der Waals surface area (Å²) in [6.45, 7) is 0. The van der Waals surface area contributed by atoms with Crippen molar-refractivity contribution in [2.75, 3.05) is 0 Å². The van der Waals surface area contributed by atoms with E-state index in [1.807, 2.05) is 18.2 Å². The van der Waals surface area contributed by atoms with E-state index in [4.69, 9.17) is 34.8 Å². The van der Waals surface area contributed by atoms with Gasteiger partial charge in [0.2, 0.25) is 0 Å². The predicted octanol–water partition coefficient (Wildman–Crippen LogP) is 5.40. The molecule has 1 aromatic heterocycles. The van der Waals surface area contributed by atoms with E-state index in [1.54, 1.807) is 12.1 Å². The van der Waals surface area contributed by atoms with Crippen LogP contribution in [0.25, 0.3) is 22.2 Å². The minimum absolute atomic E-state index is 0.00555. The van der Waals surface area contributed by atoms with Crippen molar-refractivity contribution in [3.8, 4) is 11.4 Å². The molecule has 0 bridgehead atoms. The fraction of sp³-hybridized carbons (Fsp3) is 0. The van der Waals surface area contributed by atoms with Crippen LogP contribution in [0.15, 0.2) is 36.4 Å². The van der Waals surface area contributed by atoms with Gasteiger partial charge in [0.15, 0.2) is 16.1 Å². The van der Waals surface area contributed by atoms with Crippen molar-refractivity contribution < 1.29 is 4.39 Å². The molecule has 0 aliphatic carbocycles. The second-order valence-electron chi connectivity index (χ2n) is 4.09. The van der Waals surface area contributed by atoms with Crippen molar-refractivity contribution >= 4 is 45.6 Å². The lowest BCUT2D eigenvalue weighted by Gasteiger charge is -2.08. The zero-order valence-electron chi connectivity index (χ0n) is 9.87. The monoisotopic (exact) mass is 326 g/mol. The zero-order valence-corrected chi connectivity index (χ0v) is 12.1. The third-order valence-corrected chi connectivity index (χ3v) is 3.97. The summed E-state index contributed by atoms with van der Waals surface area (Å²) in [5, 5.41) is 1.59. The summed E-state index contributed by atoms with van der Waals surface area (Å²) < 4.78 is 14.2. The average Bonchev–Trinajstić information content (AvgIpc) is 2.44. The van der Waals surface area contributed by atoms with Crippen LogP contribution < -0.4 is 0 Å². The van der Waals surface area contributed by atoms with Crippen molar-refractivity contribution in [1.29, 1.82) is 0 Å². The Hall–Kier alpha value is -1.42. The summed E-state index contributed by atoms with van der Waals surface area (Å²) in [6.07, 6.45) is 0. The molecule has 0 spiro atoms. The van der Waals surface area contributed by atoms with E-state index < -0.39 is 5.82 Å². The van der Waals surface area contributed by atoms with Crippen LogP contribution in [0.1, 0.15) is 0 Å². The van der Waals surface area contributed by atoms with Gasteiger partial charge in [-0.15, -0.1) is 0 Å². The molecule has 0 saturated heterocycles. The van der Waals surface area contributed by atoms with Crippen LogP contribution in [0.3, 0.4) is 0 Å². The van der Waals surface area contributed by atoms with Gasteiger partial charge in [0.25, 0.3) is 0 Å². The molecule has 100 valence electrons. The quantitative estimate of drug-likeness (QED) is 0.560. The minimum Gasteiger partial charge on any atom is -0.214 e. The van der Waals surface area contributed by atoms with Gasteiger partial charge in [-0.25, -0.2) is 14.4 Å². The number of benzene rings is 2. The molecular weight excluding hydrogens is 322 g/mol. The third-order valence-electron chi connectivity index (χ3n) is 2.87. The van der Waals surface area contributed by atoms with E-state index in [0.717, 1.165) is 5.39 Å². The predicted molar refractivity (Wildman–Crippen MR) is 80.0 cm³/mol. The van der Waals surface area contributed by atoms with E-state index in [-0.39, 0.29) is 26.7 Å². The highest BCUT2D eigenvalue weighted by atomic mass is 35.5. The van der Waals surface area contributed by atoms with Crippen molar-refractivity contribution in [2.45, 2.75) is 0 Å². The van der Waals surface area contributed by atoms with Gasteiger partial charge in [0.1, 0.15) is 10.8 Å². The first-order valence-corrected chi connectivity index (χ1v) is 6.77. The summed E-state index contributed by atoms with van der Waals surface area (Å²) >= 11 is 17.6. The third kappa shape index (κ3) is 2.22. The number of rotatable bonds is 1. The largest absolute Gasteiger partial charge is 0.214 e. The molecule has 0 unspecified atom stereocenters. The molecule has 20 heavy (non-hydrogen) atoms. The smallest absolute Gasteiger partial charge is 0.166 e. The maximum Gasteiger partial charge on any atom is 0.166 e. The maximum absolute atomic E-state index is 14.2. The van der Waals surface area contributed by atoms with Crippen LogP contribution in [0.5, 0.6) is 0 Å². The van der Waals surface area contributed by atoms with Crippen LogP contribution in [0, 0.1) is 5.82 Å². The molecule has 0 atom stereocenters. The first-order chi connectivity index (χ1) is 9.58. The van der Waals surface area contributed by atoms with E-state index in [0.29, 0.717) is 5.39 Å². The molecule has 1 heterocycles. The van der Waals surface area contributed by atoms with Crippen LogP contribution in [0.2, 0.25) is 15.3 Å². The highest BCUT2D eigenvalue weighted by Gasteiger charge is 2.16. The molecule has 0 N–H and O–H groups in total. The molecule has 0 radical (unpaired) electrons. The topological polar surface area (TPSA) is 25.8 Å². The van der Waals surface area contributed by atoms with Crippen molar-refractivity contribution in [3.05, 3.63) is 57.5 Å². The van der Waals surface area contributed by atoms with Crippen LogP contribution in [0.4, 0.5) is 4.39 Å². The summed E-state index contributed by atoms with van der Waals surface area (Å²) in [6, 6.07) is 10.4. The van der Waals surface area contributed by atoms with E-state index in [9.17, 15) is 4.39 Å². The van der Waals surface area contributed by atoms with Crippen LogP contribution in [-0.4, -0.2) is 9.97 Å². The lowest BCUT2D eigenvalue weighted by molar-refractivity contribution is 0.631. The molecule has 0 aliphatic rings. The van der Waals surface area contributed by atoms with Crippen molar-refractivity contribution in [1.82, 2.24) is 9.97 Å². The van der Waals surface area contributed by atoms with E-state index in [1.165, 1.54) is 6.07 Å². The Balaban J connectivity index is 2.37. The number of fused-ring (bicyclic) bond motifs is 1. The minimum atomic E-state index is -0.446. The summed E-state index contributed by atoms with van der Waals surface area (Å²) in [5.74, 6) is -0.336. The lowest BCUT2D eigenvalue weighted by atomic mass is 10.0. The highest BCUT2D eigenvalue weighted by molar-refractivity contribution is 6.47. The Labute approximate surface area is 129 Å². The van der Waals surface area contributed by atoms with Gasteiger partial charge in [0.05, 0.1) is 5.56 Å². The Morgan fingerprint density at radius 2 is 1.50 bits per heavy atom. The fourth-order valence-corrected chi connectivity index (χ4v) is 2.45. The maximum atomic E-state index is 14.2. The van der Waals surface area contributed by atoms with Gasteiger partial charge in [0, 0.05) is 0 Å². The molecule has 0 aliphatic heterocycles. The van der Waals surface area contributed by atoms with Gasteiger partial charge in [-0.3, -0.25) is 0 Å². The Morgan fingerprint density at radius 3 is 2.20 bits per heavy atom. The number of nitrogens with zero attached hydrogens (tertiary/aromatic N) is 2.